The van der Waals surface area contributed by atoms with Crippen LogP contribution in [0.3, 0.4) is 0 Å². The van der Waals surface area contributed by atoms with Crippen molar-refractivity contribution in [3.63, 3.8) is 0 Å². The standard InChI is InChI=1S/C18H26O3Si/c1-4-8-14(19)11-15-12-17(13-18(20)21-15)22(2,3)16-9-6-5-7-10-16/h4-7,9-10,14-15,17,19H,1,8,11-13H2,2-3H3/t14-,15-,17-/m1/s1. The van der Waals surface area contributed by atoms with E-state index < -0.39 is 14.2 Å². The Kier molecular flexibility index (Phi) is 5.59. The number of ether oxygens (including phenoxy) is 1. The molecule has 0 saturated carbocycles. The third kappa shape index (κ3) is 4.08. The molecule has 3 atom stereocenters. The van der Waals surface area contributed by atoms with Crippen molar-refractivity contribution in [2.45, 2.75) is 56.5 Å². The molecule has 22 heavy (non-hydrogen) atoms. The van der Waals surface area contributed by atoms with Crippen LogP contribution in [0.15, 0.2) is 43.0 Å². The monoisotopic (exact) mass is 318 g/mol. The van der Waals surface area contributed by atoms with Gasteiger partial charge in [-0.25, -0.2) is 0 Å². The molecule has 4 heteroatoms. The van der Waals surface area contributed by atoms with E-state index in [0.29, 0.717) is 24.8 Å². The normalized spacial score (nSPS) is 23.7. The largest absolute Gasteiger partial charge is 0.462 e. The average Bonchev–Trinajstić information content (AvgIpc) is 2.47. The van der Waals surface area contributed by atoms with Crippen molar-refractivity contribution in [1.29, 1.82) is 0 Å². The Morgan fingerprint density at radius 2 is 2.09 bits per heavy atom. The summed E-state index contributed by atoms with van der Waals surface area (Å²) in [4.78, 5) is 12.0. The highest BCUT2D eigenvalue weighted by Crippen LogP contribution is 2.36. The first-order chi connectivity index (χ1) is 10.4. The number of rotatable bonds is 6. The summed E-state index contributed by atoms with van der Waals surface area (Å²) in [6.45, 7) is 8.29. The fraction of sp³-hybridized carbons (Fsp3) is 0.500. The van der Waals surface area contributed by atoms with E-state index in [1.54, 1.807) is 6.08 Å². The Balaban J connectivity index is 2.10. The van der Waals surface area contributed by atoms with Gasteiger partial charge in [-0.3, -0.25) is 4.79 Å². The van der Waals surface area contributed by atoms with E-state index >= 15 is 0 Å². The summed E-state index contributed by atoms with van der Waals surface area (Å²) >= 11 is 0. The Morgan fingerprint density at radius 1 is 1.41 bits per heavy atom. The van der Waals surface area contributed by atoms with Crippen LogP contribution in [0.5, 0.6) is 0 Å². The molecule has 1 saturated heterocycles. The van der Waals surface area contributed by atoms with Crippen LogP contribution in [0.1, 0.15) is 25.7 Å². The second-order valence-electron chi connectivity index (χ2n) is 6.75. The van der Waals surface area contributed by atoms with Gasteiger partial charge in [0, 0.05) is 12.8 Å². The summed E-state index contributed by atoms with van der Waals surface area (Å²) < 4.78 is 5.45. The molecule has 2 rings (SSSR count). The van der Waals surface area contributed by atoms with Gasteiger partial charge in [-0.1, -0.05) is 54.7 Å². The molecule has 0 unspecified atom stereocenters. The van der Waals surface area contributed by atoms with Crippen LogP contribution in [-0.2, 0) is 9.53 Å². The molecule has 0 spiro atoms. The number of esters is 1. The van der Waals surface area contributed by atoms with Crippen LogP contribution in [0.4, 0.5) is 0 Å². The second-order valence-corrected chi connectivity index (χ2v) is 11.6. The quantitative estimate of drug-likeness (QED) is 0.498. The maximum atomic E-state index is 12.0. The fourth-order valence-corrected chi connectivity index (χ4v) is 6.33. The van der Waals surface area contributed by atoms with Crippen molar-refractivity contribution in [1.82, 2.24) is 0 Å². The predicted molar refractivity (Wildman–Crippen MR) is 91.9 cm³/mol. The van der Waals surface area contributed by atoms with Gasteiger partial charge in [0.15, 0.2) is 0 Å². The van der Waals surface area contributed by atoms with Gasteiger partial charge in [0.2, 0.25) is 0 Å². The van der Waals surface area contributed by atoms with E-state index in [1.165, 1.54) is 5.19 Å². The first kappa shape index (κ1) is 17.0. The SMILES string of the molecule is C=CC[C@@H](O)C[C@@H]1C[C@@H]([Si](C)(C)c2ccccc2)CC(=O)O1. The van der Waals surface area contributed by atoms with Crippen molar-refractivity contribution in [2.24, 2.45) is 0 Å². The molecular formula is C18H26O3Si. The minimum atomic E-state index is -1.73. The molecule has 1 fully saturated rings. The maximum absolute atomic E-state index is 12.0. The summed E-state index contributed by atoms with van der Waals surface area (Å²) in [5, 5.41) is 11.3. The van der Waals surface area contributed by atoms with E-state index in [2.05, 4.69) is 43.9 Å². The number of hydrogen-bond donors (Lipinski definition) is 1. The number of benzene rings is 1. The van der Waals surface area contributed by atoms with Gasteiger partial charge in [-0.2, -0.15) is 0 Å². The lowest BCUT2D eigenvalue weighted by Gasteiger charge is -2.38. The lowest BCUT2D eigenvalue weighted by atomic mass is 10.0. The van der Waals surface area contributed by atoms with Gasteiger partial charge in [-0.05, 0) is 18.4 Å². The second kappa shape index (κ2) is 7.25. The zero-order valence-electron chi connectivity index (χ0n) is 13.5. The van der Waals surface area contributed by atoms with Crippen LogP contribution in [-0.4, -0.2) is 31.4 Å². The summed E-state index contributed by atoms with van der Waals surface area (Å²) in [7, 11) is -1.73. The third-order valence-electron chi connectivity index (χ3n) is 4.77. The van der Waals surface area contributed by atoms with Crippen molar-refractivity contribution in [3.05, 3.63) is 43.0 Å². The third-order valence-corrected chi connectivity index (χ3v) is 9.07. The smallest absolute Gasteiger partial charge is 0.306 e. The Hall–Kier alpha value is -1.39. The molecule has 120 valence electrons. The molecular weight excluding hydrogens is 292 g/mol. The highest BCUT2D eigenvalue weighted by molar-refractivity contribution is 6.91. The van der Waals surface area contributed by atoms with Gasteiger partial charge in [0.25, 0.3) is 0 Å². The zero-order chi connectivity index (χ0) is 16.2. The number of carbonyl (C=O) groups excluding carboxylic acids is 1. The molecule has 1 aromatic rings. The van der Waals surface area contributed by atoms with Crippen LogP contribution < -0.4 is 5.19 Å². The molecule has 0 bridgehead atoms. The first-order valence-corrected chi connectivity index (χ1v) is 11.0. The van der Waals surface area contributed by atoms with Crippen molar-refractivity contribution >= 4 is 19.2 Å². The van der Waals surface area contributed by atoms with Gasteiger partial charge in [-0.15, -0.1) is 6.58 Å². The van der Waals surface area contributed by atoms with Crippen LogP contribution >= 0.6 is 0 Å². The molecule has 1 aliphatic heterocycles. The minimum Gasteiger partial charge on any atom is -0.462 e. The predicted octanol–water partition coefficient (Wildman–Crippen LogP) is 3.00. The van der Waals surface area contributed by atoms with Crippen LogP contribution in [0, 0.1) is 0 Å². The first-order valence-electron chi connectivity index (χ1n) is 7.97. The Labute approximate surface area is 134 Å². The van der Waals surface area contributed by atoms with Gasteiger partial charge >= 0.3 is 5.97 Å². The van der Waals surface area contributed by atoms with Gasteiger partial charge in [0.1, 0.15) is 6.10 Å². The lowest BCUT2D eigenvalue weighted by Crippen LogP contribution is -2.49. The Morgan fingerprint density at radius 3 is 2.73 bits per heavy atom. The van der Waals surface area contributed by atoms with Gasteiger partial charge < -0.3 is 9.84 Å². The number of aliphatic hydroxyl groups excluding tert-OH is 1. The van der Waals surface area contributed by atoms with Crippen LogP contribution in [0.25, 0.3) is 0 Å². The molecule has 1 heterocycles. The van der Waals surface area contributed by atoms with E-state index in [4.69, 9.17) is 4.74 Å². The van der Waals surface area contributed by atoms with E-state index in [0.717, 1.165) is 6.42 Å². The van der Waals surface area contributed by atoms with Gasteiger partial charge in [0.05, 0.1) is 14.2 Å². The molecule has 0 amide bonds. The summed E-state index contributed by atoms with van der Waals surface area (Å²) in [5.41, 5.74) is 0.358. The Bertz CT molecular complexity index is 512. The summed E-state index contributed by atoms with van der Waals surface area (Å²) in [6, 6.07) is 10.5. The molecule has 1 aliphatic rings. The topological polar surface area (TPSA) is 46.5 Å². The molecule has 0 aliphatic carbocycles. The molecule has 0 aromatic heterocycles. The molecule has 1 aromatic carbocycles. The van der Waals surface area contributed by atoms with Crippen molar-refractivity contribution in [3.8, 4) is 0 Å². The van der Waals surface area contributed by atoms with E-state index in [-0.39, 0.29) is 12.1 Å². The van der Waals surface area contributed by atoms with Crippen molar-refractivity contribution in [2.75, 3.05) is 0 Å². The number of cyclic esters (lactones) is 1. The highest BCUT2D eigenvalue weighted by Gasteiger charge is 2.40. The fourth-order valence-electron chi connectivity index (χ4n) is 3.27. The van der Waals surface area contributed by atoms with Crippen LogP contribution in [0.2, 0.25) is 18.6 Å². The lowest BCUT2D eigenvalue weighted by molar-refractivity contribution is -0.155. The summed E-state index contributed by atoms with van der Waals surface area (Å²) in [5.74, 6) is -0.122. The maximum Gasteiger partial charge on any atom is 0.306 e. The number of carbonyl (C=O) groups is 1. The average molecular weight is 318 g/mol. The highest BCUT2D eigenvalue weighted by atomic mass is 28.3. The molecule has 0 radical (unpaired) electrons. The zero-order valence-corrected chi connectivity index (χ0v) is 14.5. The van der Waals surface area contributed by atoms with Crippen molar-refractivity contribution < 1.29 is 14.6 Å². The van der Waals surface area contributed by atoms with E-state index in [9.17, 15) is 9.90 Å². The number of aliphatic hydroxyl groups is 1. The summed E-state index contributed by atoms with van der Waals surface area (Å²) in [6.07, 6.45) is 3.46. The molecule has 1 N–H and O–H groups in total. The van der Waals surface area contributed by atoms with E-state index in [1.807, 2.05) is 6.07 Å². The number of hydrogen-bond acceptors (Lipinski definition) is 3. The molecule has 3 nitrogen and oxygen atoms in total. The minimum absolute atomic E-state index is 0.122.